The van der Waals surface area contributed by atoms with Crippen molar-refractivity contribution in [1.82, 2.24) is 10.6 Å². The van der Waals surface area contributed by atoms with Crippen LogP contribution in [0, 0.1) is 0 Å². The number of halogens is 2. The fraction of sp³-hybridized carbons (Fsp3) is 0.471. The maximum absolute atomic E-state index is 12.6. The number of carbonyl (C=O) groups excluding carboxylic acids is 1. The molecule has 0 aromatic heterocycles. The Labute approximate surface area is 176 Å². The van der Waals surface area contributed by atoms with Crippen LogP contribution in [-0.2, 0) is 4.74 Å². The highest BCUT2D eigenvalue weighted by molar-refractivity contribution is 6.35. The molecule has 1 fully saturated rings. The molecule has 4 atom stereocenters. The van der Waals surface area contributed by atoms with E-state index in [1.54, 1.807) is 0 Å². The van der Waals surface area contributed by atoms with Gasteiger partial charge in [0.25, 0.3) is 5.79 Å². The smallest absolute Gasteiger partial charge is 0.346 e. The van der Waals surface area contributed by atoms with E-state index in [1.165, 1.54) is 22.8 Å². The number of hydrogen-bond donors (Lipinski definition) is 6. The summed E-state index contributed by atoms with van der Waals surface area (Å²) in [5.74, 6) is -3.14. The first-order valence-electron chi connectivity index (χ1n) is 9.00. The molecule has 10 nitrogen and oxygen atoms in total. The first kappa shape index (κ1) is 20.0. The highest BCUT2D eigenvalue weighted by Gasteiger charge is 2.75. The third-order valence-electron chi connectivity index (χ3n) is 5.60. The summed E-state index contributed by atoms with van der Waals surface area (Å²) in [6.45, 7) is 1.80. The van der Waals surface area contributed by atoms with Gasteiger partial charge in [0.05, 0.1) is 5.56 Å². The average molecular weight is 444 g/mol. The standard InChI is InChI=1S/C17H20Cl2N6O4/c1-2-10-12-16(24-14(20)23-12)17(27,28)11(6-25(16)15(21)22-10)29-13(26)7-3-8(18)5-9(19)4-7/h3-5,10-12,27-28H,2,6H2,1H3,(H5,20,21,22,23,24)/p+1/t10-,11-,12-,16-/m0/s1. The van der Waals surface area contributed by atoms with Gasteiger partial charge in [0.15, 0.2) is 12.1 Å². The molecule has 0 amide bonds. The Kier molecular flexibility index (Phi) is 4.57. The Balaban J connectivity index is 1.70. The number of nitrogens with two attached hydrogens (primary N) is 2. The van der Waals surface area contributed by atoms with E-state index in [9.17, 15) is 15.0 Å². The van der Waals surface area contributed by atoms with Crippen LogP contribution >= 0.6 is 23.2 Å². The van der Waals surface area contributed by atoms with Crippen molar-refractivity contribution in [3.8, 4) is 0 Å². The number of aliphatic hydroxyl groups is 2. The second-order valence-corrected chi connectivity index (χ2v) is 8.16. The van der Waals surface area contributed by atoms with Gasteiger partial charge < -0.3 is 26.0 Å². The lowest BCUT2D eigenvalue weighted by Gasteiger charge is -2.43. The number of nitrogens with zero attached hydrogens (tertiary/aromatic N) is 2. The van der Waals surface area contributed by atoms with Crippen LogP contribution in [0.25, 0.3) is 0 Å². The topological polar surface area (TPSA) is 158 Å². The molecular formula is C17H21Cl2N6O4+. The maximum atomic E-state index is 12.6. The van der Waals surface area contributed by atoms with Crippen molar-refractivity contribution in [3.63, 3.8) is 0 Å². The third kappa shape index (κ3) is 2.82. The number of carbonyl (C=O) groups is 1. The molecule has 156 valence electrons. The van der Waals surface area contributed by atoms with Crippen LogP contribution in [0.2, 0.25) is 10.0 Å². The second kappa shape index (κ2) is 6.63. The molecule has 12 heteroatoms. The first-order valence-corrected chi connectivity index (χ1v) is 9.75. The summed E-state index contributed by atoms with van der Waals surface area (Å²) in [5, 5.41) is 28.8. The third-order valence-corrected chi connectivity index (χ3v) is 6.04. The fourth-order valence-electron chi connectivity index (χ4n) is 4.29. The zero-order valence-electron chi connectivity index (χ0n) is 15.4. The molecule has 29 heavy (non-hydrogen) atoms. The zero-order valence-corrected chi connectivity index (χ0v) is 16.9. The minimum Gasteiger partial charge on any atom is -0.449 e. The van der Waals surface area contributed by atoms with Crippen LogP contribution in [0.1, 0.15) is 23.7 Å². The molecule has 0 unspecified atom stereocenters. The number of benzene rings is 1. The van der Waals surface area contributed by atoms with Gasteiger partial charge in [-0.25, -0.2) is 14.4 Å². The Bertz CT molecular complexity index is 932. The lowest BCUT2D eigenvalue weighted by atomic mass is 9.85. The van der Waals surface area contributed by atoms with Gasteiger partial charge in [0.1, 0.15) is 18.6 Å². The fourth-order valence-corrected chi connectivity index (χ4v) is 4.82. The molecule has 0 radical (unpaired) electrons. The molecule has 4 rings (SSSR count). The van der Waals surface area contributed by atoms with E-state index in [4.69, 9.17) is 39.4 Å². The summed E-state index contributed by atoms with van der Waals surface area (Å²) in [6.07, 6.45) is -0.763. The van der Waals surface area contributed by atoms with Crippen LogP contribution < -0.4 is 22.1 Å². The Morgan fingerprint density at radius 3 is 2.62 bits per heavy atom. The number of ether oxygens (including phenoxy) is 1. The number of guanidine groups is 2. The predicted octanol–water partition coefficient (Wildman–Crippen LogP) is -1.09. The van der Waals surface area contributed by atoms with Crippen LogP contribution in [0.4, 0.5) is 0 Å². The summed E-state index contributed by atoms with van der Waals surface area (Å²) < 4.78 is 6.93. The van der Waals surface area contributed by atoms with Crippen LogP contribution in [-0.4, -0.2) is 68.9 Å². The first-order chi connectivity index (χ1) is 13.6. The van der Waals surface area contributed by atoms with Gasteiger partial charge in [-0.1, -0.05) is 30.1 Å². The molecule has 3 aliphatic heterocycles. The zero-order chi connectivity index (χ0) is 21.1. The molecule has 3 aliphatic rings. The normalized spacial score (nSPS) is 32.0. The lowest BCUT2D eigenvalue weighted by molar-refractivity contribution is -0.623. The van der Waals surface area contributed by atoms with Gasteiger partial charge in [-0.3, -0.25) is 11.1 Å². The van der Waals surface area contributed by atoms with Crippen LogP contribution in [0.5, 0.6) is 0 Å². The van der Waals surface area contributed by atoms with E-state index in [0.717, 1.165) is 0 Å². The second-order valence-electron chi connectivity index (χ2n) is 7.28. The number of hydrogen-bond acceptors (Lipinski definition) is 9. The van der Waals surface area contributed by atoms with Crippen molar-refractivity contribution >= 4 is 41.1 Å². The average Bonchev–Trinajstić information content (AvgIpc) is 3.09. The number of aliphatic imine (C=N–C) groups is 1. The van der Waals surface area contributed by atoms with E-state index < -0.39 is 29.6 Å². The van der Waals surface area contributed by atoms with Crippen molar-refractivity contribution < 1.29 is 24.3 Å². The number of rotatable bonds is 3. The monoisotopic (exact) mass is 443 g/mol. The molecule has 0 bridgehead atoms. The van der Waals surface area contributed by atoms with Crippen molar-refractivity contribution in [1.29, 1.82) is 0 Å². The summed E-state index contributed by atoms with van der Waals surface area (Å²) >= 11 is 11.9. The van der Waals surface area contributed by atoms with Crippen LogP contribution in [0.15, 0.2) is 23.2 Å². The molecule has 0 aliphatic carbocycles. The van der Waals surface area contributed by atoms with E-state index in [-0.39, 0.29) is 40.1 Å². The predicted molar refractivity (Wildman–Crippen MR) is 106 cm³/mol. The van der Waals surface area contributed by atoms with Crippen molar-refractivity contribution in [2.45, 2.75) is 43.0 Å². The lowest BCUT2D eigenvalue weighted by Crippen LogP contribution is -2.78. The molecular weight excluding hydrogens is 423 g/mol. The highest BCUT2D eigenvalue weighted by Crippen LogP contribution is 2.43. The molecule has 3 heterocycles. The SMILES string of the molecule is CC[C@@H]1NC(N)=[N+]2C[C@H](OC(=O)c3cc(Cl)cc(Cl)c3)C(O)(O)[C@@]23NC(N)=N[C@@H]13. The van der Waals surface area contributed by atoms with E-state index in [2.05, 4.69) is 15.6 Å². The summed E-state index contributed by atoms with van der Waals surface area (Å²) in [5.41, 5.74) is 10.5. The van der Waals surface area contributed by atoms with Gasteiger partial charge in [0.2, 0.25) is 5.66 Å². The number of nitrogens with one attached hydrogen (secondary N) is 2. The van der Waals surface area contributed by atoms with E-state index >= 15 is 0 Å². The van der Waals surface area contributed by atoms with Gasteiger partial charge in [-0.15, -0.1) is 0 Å². The van der Waals surface area contributed by atoms with Crippen LogP contribution in [0.3, 0.4) is 0 Å². The van der Waals surface area contributed by atoms with Gasteiger partial charge in [-0.2, -0.15) is 0 Å². The summed E-state index contributed by atoms with van der Waals surface area (Å²) in [4.78, 5) is 17.0. The number of esters is 1. The Hall–Kier alpha value is -2.27. The summed E-state index contributed by atoms with van der Waals surface area (Å²) in [7, 11) is 0. The highest BCUT2D eigenvalue weighted by atomic mass is 35.5. The van der Waals surface area contributed by atoms with E-state index in [1.807, 2.05) is 6.92 Å². The molecule has 1 aromatic carbocycles. The minimum atomic E-state index is -2.56. The molecule has 1 aromatic rings. The molecule has 1 spiro atoms. The van der Waals surface area contributed by atoms with Gasteiger partial charge in [-0.05, 0) is 24.6 Å². The van der Waals surface area contributed by atoms with Crippen molar-refractivity contribution in [3.05, 3.63) is 33.8 Å². The Morgan fingerprint density at radius 1 is 1.34 bits per heavy atom. The molecule has 1 saturated heterocycles. The minimum absolute atomic E-state index is 0.0380. The van der Waals surface area contributed by atoms with Gasteiger partial charge in [0, 0.05) is 10.0 Å². The van der Waals surface area contributed by atoms with Crippen molar-refractivity contribution in [2.24, 2.45) is 16.5 Å². The molecule has 0 saturated carbocycles. The maximum Gasteiger partial charge on any atom is 0.346 e. The van der Waals surface area contributed by atoms with Crippen molar-refractivity contribution in [2.75, 3.05) is 6.54 Å². The largest absolute Gasteiger partial charge is 0.449 e. The van der Waals surface area contributed by atoms with E-state index in [0.29, 0.717) is 6.42 Å². The van der Waals surface area contributed by atoms with Gasteiger partial charge >= 0.3 is 11.9 Å². The molecule has 8 N–H and O–H groups in total. The quantitative estimate of drug-likeness (QED) is 0.195. The summed E-state index contributed by atoms with van der Waals surface area (Å²) in [6, 6.07) is 3.23. The Morgan fingerprint density at radius 2 is 2.00 bits per heavy atom.